The van der Waals surface area contributed by atoms with E-state index in [2.05, 4.69) is 6.07 Å². The minimum atomic E-state index is -6.00. The molecule has 0 N–H and O–H groups in total. The molecule has 0 unspecified atom stereocenters. The van der Waals surface area contributed by atoms with E-state index in [9.17, 15) is 17.3 Å². The summed E-state index contributed by atoms with van der Waals surface area (Å²) in [5.74, 6) is 0. The molecule has 19 heavy (non-hydrogen) atoms. The van der Waals surface area contributed by atoms with E-state index < -0.39 is 7.25 Å². The van der Waals surface area contributed by atoms with Crippen molar-refractivity contribution in [2.45, 2.75) is 0 Å². The highest BCUT2D eigenvalue weighted by atomic mass is 19.5. The number of hydrogen-bond donors (Lipinski definition) is 0. The SMILES string of the molecule is C[n+]1ccn(-c2ccccc2C#N)c1.F[B-](F)(F)F. The van der Waals surface area contributed by atoms with Crippen LogP contribution in [0.1, 0.15) is 5.56 Å². The fourth-order valence-corrected chi connectivity index (χ4v) is 1.39. The number of aromatic nitrogens is 2. The Kier molecular flexibility index (Phi) is 4.70. The molecule has 1 aromatic carbocycles. The lowest BCUT2D eigenvalue weighted by molar-refractivity contribution is -0.670. The van der Waals surface area contributed by atoms with Crippen LogP contribution >= 0.6 is 0 Å². The van der Waals surface area contributed by atoms with Crippen LogP contribution in [0, 0.1) is 11.3 Å². The zero-order chi connectivity index (χ0) is 14.5. The van der Waals surface area contributed by atoms with Gasteiger partial charge < -0.3 is 17.3 Å². The summed E-state index contributed by atoms with van der Waals surface area (Å²) in [4.78, 5) is 0. The summed E-state index contributed by atoms with van der Waals surface area (Å²) >= 11 is 0. The zero-order valence-corrected chi connectivity index (χ0v) is 9.97. The third-order valence-electron chi connectivity index (χ3n) is 2.07. The maximum absolute atomic E-state index is 9.75. The van der Waals surface area contributed by atoms with Gasteiger partial charge in [0.05, 0.1) is 12.6 Å². The maximum atomic E-state index is 9.75. The first-order valence-corrected chi connectivity index (χ1v) is 5.21. The summed E-state index contributed by atoms with van der Waals surface area (Å²) in [5.41, 5.74) is 1.60. The van der Waals surface area contributed by atoms with E-state index in [0.29, 0.717) is 5.56 Å². The number of hydrogen-bond acceptors (Lipinski definition) is 1. The Morgan fingerprint density at radius 2 is 1.79 bits per heavy atom. The zero-order valence-electron chi connectivity index (χ0n) is 9.97. The lowest BCUT2D eigenvalue weighted by Crippen LogP contribution is -2.23. The van der Waals surface area contributed by atoms with Gasteiger partial charge in [-0.15, -0.1) is 0 Å². The van der Waals surface area contributed by atoms with E-state index in [1.165, 1.54) is 0 Å². The Morgan fingerprint density at radius 1 is 1.21 bits per heavy atom. The van der Waals surface area contributed by atoms with Crippen LogP contribution in [-0.4, -0.2) is 11.8 Å². The number of rotatable bonds is 1. The number of imidazole rings is 1. The summed E-state index contributed by atoms with van der Waals surface area (Å²) in [5, 5.41) is 8.92. The van der Waals surface area contributed by atoms with Gasteiger partial charge in [-0.05, 0) is 12.1 Å². The Bertz CT molecular complexity index is 580. The number of halogens is 4. The minimum absolute atomic E-state index is 0.684. The fraction of sp³-hybridized carbons (Fsp3) is 0.0909. The molecule has 3 nitrogen and oxygen atoms in total. The molecule has 2 aromatic rings. The molecule has 100 valence electrons. The Labute approximate surface area is 107 Å². The molecule has 0 radical (unpaired) electrons. The molecule has 0 spiro atoms. The van der Waals surface area contributed by atoms with Gasteiger partial charge in [-0.3, -0.25) is 0 Å². The van der Waals surface area contributed by atoms with E-state index in [-0.39, 0.29) is 0 Å². The third-order valence-corrected chi connectivity index (χ3v) is 2.07. The Morgan fingerprint density at radius 3 is 2.26 bits per heavy atom. The average molecular weight is 271 g/mol. The van der Waals surface area contributed by atoms with Crippen molar-refractivity contribution in [2.75, 3.05) is 0 Å². The van der Waals surface area contributed by atoms with Crippen molar-refractivity contribution >= 4 is 7.25 Å². The molecule has 0 atom stereocenters. The van der Waals surface area contributed by atoms with Crippen LogP contribution in [0.5, 0.6) is 0 Å². The van der Waals surface area contributed by atoms with Crippen LogP contribution in [0.25, 0.3) is 5.69 Å². The fourth-order valence-electron chi connectivity index (χ4n) is 1.39. The Hall–Kier alpha value is -2.30. The van der Waals surface area contributed by atoms with Crippen molar-refractivity contribution in [1.82, 2.24) is 4.57 Å². The second-order valence-electron chi connectivity index (χ2n) is 3.61. The van der Waals surface area contributed by atoms with E-state index in [1.807, 2.05) is 59.2 Å². The average Bonchev–Trinajstić information content (AvgIpc) is 2.73. The molecule has 0 aliphatic heterocycles. The second kappa shape index (κ2) is 6.04. The lowest BCUT2D eigenvalue weighted by atomic mass is 10.2. The van der Waals surface area contributed by atoms with E-state index in [0.717, 1.165) is 5.69 Å². The highest BCUT2D eigenvalue weighted by Gasteiger charge is 2.20. The molecule has 8 heteroatoms. The van der Waals surface area contributed by atoms with Crippen LogP contribution < -0.4 is 4.57 Å². The first kappa shape index (κ1) is 14.8. The van der Waals surface area contributed by atoms with Crippen LogP contribution in [-0.2, 0) is 7.05 Å². The van der Waals surface area contributed by atoms with Crippen molar-refractivity contribution < 1.29 is 21.8 Å². The lowest BCUT2D eigenvalue weighted by Gasteiger charge is -1.96. The molecule has 0 bridgehead atoms. The van der Waals surface area contributed by atoms with Crippen LogP contribution in [0.2, 0.25) is 0 Å². The summed E-state index contributed by atoms with van der Waals surface area (Å²) in [6, 6.07) is 9.71. The molecular weight excluding hydrogens is 261 g/mol. The molecule has 2 rings (SSSR count). The largest absolute Gasteiger partial charge is 0.673 e. The third kappa shape index (κ3) is 5.25. The maximum Gasteiger partial charge on any atom is 0.673 e. The summed E-state index contributed by atoms with van der Waals surface area (Å²) in [6.45, 7) is 0. The summed E-state index contributed by atoms with van der Waals surface area (Å²) in [7, 11) is -4.05. The quantitative estimate of drug-likeness (QED) is 0.445. The van der Waals surface area contributed by atoms with Gasteiger partial charge in [0, 0.05) is 0 Å². The van der Waals surface area contributed by atoms with Crippen molar-refractivity contribution in [3.05, 3.63) is 48.5 Å². The topological polar surface area (TPSA) is 32.6 Å². The van der Waals surface area contributed by atoms with E-state index in [4.69, 9.17) is 5.26 Å². The molecule has 0 amide bonds. The standard InChI is InChI=1S/C11H10N3.BF4/c1-13-6-7-14(9-13)11-5-3-2-4-10(11)8-12;2-1(3,4)5/h2-7,9H,1H3;/q+1;-1. The van der Waals surface area contributed by atoms with Crippen molar-refractivity contribution in [3.8, 4) is 11.8 Å². The molecule has 0 fully saturated rings. The number of aryl methyl sites for hydroxylation is 1. The summed E-state index contributed by atoms with van der Waals surface area (Å²) < 4.78 is 42.9. The molecule has 1 aromatic heterocycles. The molecule has 0 saturated carbocycles. The highest BCUT2D eigenvalue weighted by molar-refractivity contribution is 6.50. The van der Waals surface area contributed by atoms with Gasteiger partial charge in [0.1, 0.15) is 24.2 Å². The first-order valence-electron chi connectivity index (χ1n) is 5.21. The van der Waals surface area contributed by atoms with Crippen molar-refractivity contribution in [3.63, 3.8) is 0 Å². The smallest absolute Gasteiger partial charge is 0.418 e. The number of benzene rings is 1. The molecule has 0 aliphatic carbocycles. The highest BCUT2D eigenvalue weighted by Crippen LogP contribution is 2.11. The second-order valence-corrected chi connectivity index (χ2v) is 3.61. The number of nitrogens with zero attached hydrogens (tertiary/aromatic N) is 3. The normalized spacial score (nSPS) is 10.3. The number of nitriles is 1. The van der Waals surface area contributed by atoms with Crippen molar-refractivity contribution in [1.29, 1.82) is 5.26 Å². The van der Waals surface area contributed by atoms with Crippen LogP contribution in [0.15, 0.2) is 43.0 Å². The van der Waals surface area contributed by atoms with E-state index in [1.54, 1.807) is 0 Å². The van der Waals surface area contributed by atoms with Crippen molar-refractivity contribution in [2.24, 2.45) is 7.05 Å². The van der Waals surface area contributed by atoms with Gasteiger partial charge in [0.2, 0.25) is 6.33 Å². The number of para-hydroxylation sites is 1. The van der Waals surface area contributed by atoms with Gasteiger partial charge in [-0.1, -0.05) is 12.1 Å². The minimum Gasteiger partial charge on any atom is -0.418 e. The van der Waals surface area contributed by atoms with Gasteiger partial charge in [-0.25, -0.2) is 9.13 Å². The van der Waals surface area contributed by atoms with Crippen LogP contribution in [0.3, 0.4) is 0 Å². The van der Waals surface area contributed by atoms with E-state index >= 15 is 0 Å². The van der Waals surface area contributed by atoms with Gasteiger partial charge in [-0.2, -0.15) is 5.26 Å². The van der Waals surface area contributed by atoms with Gasteiger partial charge in [0.15, 0.2) is 0 Å². The van der Waals surface area contributed by atoms with Crippen LogP contribution in [0.4, 0.5) is 17.3 Å². The predicted octanol–water partition coefficient (Wildman–Crippen LogP) is 2.47. The first-order chi connectivity index (χ1) is 8.81. The molecule has 1 heterocycles. The predicted molar refractivity (Wildman–Crippen MR) is 61.8 cm³/mol. The molecule has 0 saturated heterocycles. The Balaban J connectivity index is 0.000000312. The van der Waals surface area contributed by atoms with Gasteiger partial charge in [0.25, 0.3) is 0 Å². The van der Waals surface area contributed by atoms with Gasteiger partial charge >= 0.3 is 7.25 Å². The summed E-state index contributed by atoms with van der Waals surface area (Å²) in [6.07, 6.45) is 5.79. The monoisotopic (exact) mass is 271 g/mol. The molecule has 0 aliphatic rings. The molecular formula is C11H10BF4N3.